The molecule has 0 N–H and O–H groups in total. The Morgan fingerprint density at radius 1 is 1.53 bits per heavy atom. The number of allylic oxidation sites excluding steroid dienone is 1. The second kappa shape index (κ2) is 4.04. The molecule has 0 radical (unpaired) electrons. The summed E-state index contributed by atoms with van der Waals surface area (Å²) in [5.41, 5.74) is 1.82. The number of aromatic nitrogens is 1. The second-order valence-corrected chi connectivity index (χ2v) is 4.63. The van der Waals surface area contributed by atoms with E-state index in [1.807, 2.05) is 18.3 Å². The molecule has 4 nitrogen and oxygen atoms in total. The van der Waals surface area contributed by atoms with Crippen LogP contribution in [0.25, 0.3) is 0 Å². The molecule has 0 amide bonds. The molecule has 1 aromatic rings. The van der Waals surface area contributed by atoms with Gasteiger partial charge in [0, 0.05) is 19.9 Å². The van der Waals surface area contributed by atoms with E-state index in [4.69, 9.17) is 4.74 Å². The van der Waals surface area contributed by atoms with Gasteiger partial charge in [0.15, 0.2) is 5.70 Å². The number of hydroxylamine groups is 1. The van der Waals surface area contributed by atoms with Gasteiger partial charge in [0.25, 0.3) is 0 Å². The van der Waals surface area contributed by atoms with Gasteiger partial charge in [-0.3, -0.25) is 0 Å². The third-order valence-electron chi connectivity index (χ3n) is 3.70. The van der Waals surface area contributed by atoms with Crippen molar-refractivity contribution >= 4 is 6.21 Å². The molecule has 0 spiro atoms. The highest BCUT2D eigenvalue weighted by molar-refractivity contribution is 5.74. The maximum atomic E-state index is 12.1. The Morgan fingerprint density at radius 2 is 2.41 bits per heavy atom. The smallest absolute Gasteiger partial charge is 0.204 e. The minimum absolute atomic E-state index is 0.146. The minimum atomic E-state index is 0.146. The lowest BCUT2D eigenvalue weighted by molar-refractivity contribution is -0.408. The van der Waals surface area contributed by atoms with E-state index in [-0.39, 0.29) is 12.0 Å². The van der Waals surface area contributed by atoms with Crippen molar-refractivity contribution in [1.82, 2.24) is 4.57 Å². The monoisotopic (exact) mass is 232 g/mol. The van der Waals surface area contributed by atoms with Gasteiger partial charge in [0.2, 0.25) is 6.21 Å². The Balaban J connectivity index is 2.06. The molecule has 0 saturated heterocycles. The van der Waals surface area contributed by atoms with Crippen molar-refractivity contribution in [3.05, 3.63) is 41.0 Å². The molecular weight excluding hydrogens is 216 g/mol. The third kappa shape index (κ3) is 1.69. The van der Waals surface area contributed by atoms with Gasteiger partial charge in [-0.1, -0.05) is 0 Å². The number of hydrogen-bond donors (Lipinski definition) is 0. The summed E-state index contributed by atoms with van der Waals surface area (Å²) >= 11 is 0. The minimum Gasteiger partial charge on any atom is -0.618 e. The van der Waals surface area contributed by atoms with Crippen LogP contribution < -0.4 is 0 Å². The zero-order valence-corrected chi connectivity index (χ0v) is 9.87. The highest BCUT2D eigenvalue weighted by atomic mass is 16.5. The maximum Gasteiger partial charge on any atom is 0.204 e. The first-order valence-corrected chi connectivity index (χ1v) is 5.99. The van der Waals surface area contributed by atoms with E-state index in [0.717, 1.165) is 35.5 Å². The first kappa shape index (κ1) is 10.6. The molecule has 2 heterocycles. The van der Waals surface area contributed by atoms with Crippen LogP contribution in [0.15, 0.2) is 30.1 Å². The molecule has 0 saturated carbocycles. The van der Waals surface area contributed by atoms with Gasteiger partial charge in [-0.2, -0.15) is 4.74 Å². The lowest BCUT2D eigenvalue weighted by atomic mass is 9.89. The van der Waals surface area contributed by atoms with Gasteiger partial charge >= 0.3 is 0 Å². The van der Waals surface area contributed by atoms with E-state index in [1.54, 1.807) is 13.3 Å². The van der Waals surface area contributed by atoms with Gasteiger partial charge in [0.05, 0.1) is 12.0 Å². The van der Waals surface area contributed by atoms with Gasteiger partial charge in [-0.25, -0.2) is 0 Å². The first-order valence-electron chi connectivity index (χ1n) is 5.99. The predicted octanol–water partition coefficient (Wildman–Crippen LogP) is 1.74. The zero-order valence-electron chi connectivity index (χ0n) is 9.87. The molecular formula is C13H16N2O2. The molecule has 2 aliphatic rings. The van der Waals surface area contributed by atoms with Crippen LogP contribution >= 0.6 is 0 Å². The number of fused-ring (bicyclic) bond motifs is 2. The average Bonchev–Trinajstić information content (AvgIpc) is 2.71. The summed E-state index contributed by atoms with van der Waals surface area (Å²) in [6.07, 6.45) is 7.79. The van der Waals surface area contributed by atoms with E-state index in [0.29, 0.717) is 0 Å². The van der Waals surface area contributed by atoms with E-state index < -0.39 is 0 Å². The standard InChI is InChI=1S/C13H16N2O2/c1-17-13-6-2-5-12-11(13)9-14-7-3-4-10(14)8-15(12)16/h3-5,7-8,11,13H,2,6,9H2,1H3. The SMILES string of the molecule is COC1CCC=C2C1Cn1cccc1C=[N+]2[O-]. The maximum absolute atomic E-state index is 12.1. The van der Waals surface area contributed by atoms with Crippen molar-refractivity contribution in [3.8, 4) is 0 Å². The Bertz CT molecular complexity index is 487. The fourth-order valence-electron chi connectivity index (χ4n) is 2.80. The first-order chi connectivity index (χ1) is 8.29. The van der Waals surface area contributed by atoms with Gasteiger partial charge < -0.3 is 14.5 Å². The summed E-state index contributed by atoms with van der Waals surface area (Å²) in [4.78, 5) is 0. The molecule has 17 heavy (non-hydrogen) atoms. The summed E-state index contributed by atoms with van der Waals surface area (Å²) in [5.74, 6) is 0.163. The largest absolute Gasteiger partial charge is 0.618 e. The molecule has 90 valence electrons. The summed E-state index contributed by atoms with van der Waals surface area (Å²) in [6.45, 7) is 0.821. The van der Waals surface area contributed by atoms with Crippen LogP contribution in [0.2, 0.25) is 0 Å². The molecule has 0 bridgehead atoms. The van der Waals surface area contributed by atoms with Crippen molar-refractivity contribution in [1.29, 1.82) is 0 Å². The molecule has 3 rings (SSSR count). The fraction of sp³-hybridized carbons (Fsp3) is 0.462. The number of ether oxygens (including phenoxy) is 1. The van der Waals surface area contributed by atoms with Crippen LogP contribution in [0.4, 0.5) is 0 Å². The van der Waals surface area contributed by atoms with Crippen LogP contribution in [-0.4, -0.2) is 28.7 Å². The van der Waals surface area contributed by atoms with E-state index in [1.165, 1.54) is 0 Å². The second-order valence-electron chi connectivity index (χ2n) is 4.63. The van der Waals surface area contributed by atoms with Crippen LogP contribution in [0, 0.1) is 11.1 Å². The van der Waals surface area contributed by atoms with Crippen molar-refractivity contribution in [2.75, 3.05) is 7.11 Å². The van der Waals surface area contributed by atoms with Crippen molar-refractivity contribution < 1.29 is 9.48 Å². The zero-order chi connectivity index (χ0) is 11.8. The van der Waals surface area contributed by atoms with Crippen molar-refractivity contribution in [2.45, 2.75) is 25.5 Å². The van der Waals surface area contributed by atoms with Crippen molar-refractivity contribution in [2.24, 2.45) is 5.92 Å². The average molecular weight is 232 g/mol. The molecule has 1 aliphatic heterocycles. The lowest BCUT2D eigenvalue weighted by Crippen LogP contribution is -2.32. The molecule has 1 aliphatic carbocycles. The molecule has 0 fully saturated rings. The van der Waals surface area contributed by atoms with E-state index >= 15 is 0 Å². The predicted molar refractivity (Wildman–Crippen MR) is 64.8 cm³/mol. The molecule has 0 aromatic carbocycles. The van der Waals surface area contributed by atoms with Crippen LogP contribution in [0.5, 0.6) is 0 Å². The number of hydrogen-bond acceptors (Lipinski definition) is 2. The van der Waals surface area contributed by atoms with E-state index in [2.05, 4.69) is 10.6 Å². The molecule has 2 unspecified atom stereocenters. The quantitative estimate of drug-likeness (QED) is 0.546. The Kier molecular flexibility index (Phi) is 2.52. The number of methoxy groups -OCH3 is 1. The summed E-state index contributed by atoms with van der Waals surface area (Å²) in [7, 11) is 1.73. The lowest BCUT2D eigenvalue weighted by Gasteiger charge is -2.28. The number of rotatable bonds is 1. The van der Waals surface area contributed by atoms with Crippen LogP contribution in [0.3, 0.4) is 0 Å². The number of nitrogens with zero attached hydrogens (tertiary/aromatic N) is 2. The van der Waals surface area contributed by atoms with Gasteiger partial charge in [-0.05, 0) is 31.1 Å². The van der Waals surface area contributed by atoms with E-state index in [9.17, 15) is 5.21 Å². The Hall–Kier alpha value is -1.55. The Labute approximate surface area is 100 Å². The fourth-order valence-corrected chi connectivity index (χ4v) is 2.80. The highest BCUT2D eigenvalue weighted by Crippen LogP contribution is 2.31. The van der Waals surface area contributed by atoms with Gasteiger partial charge in [-0.15, -0.1) is 0 Å². The third-order valence-corrected chi connectivity index (χ3v) is 3.70. The molecule has 1 aromatic heterocycles. The summed E-state index contributed by atoms with van der Waals surface area (Å²) in [6, 6.07) is 3.93. The summed E-state index contributed by atoms with van der Waals surface area (Å²) < 4.78 is 8.65. The normalized spacial score (nSPS) is 27.6. The summed E-state index contributed by atoms with van der Waals surface area (Å²) in [5, 5.41) is 12.1. The molecule has 4 heteroatoms. The molecule has 2 atom stereocenters. The van der Waals surface area contributed by atoms with Crippen LogP contribution in [-0.2, 0) is 11.3 Å². The van der Waals surface area contributed by atoms with Crippen LogP contribution in [0.1, 0.15) is 18.5 Å². The Morgan fingerprint density at radius 3 is 3.24 bits per heavy atom. The topological polar surface area (TPSA) is 40.2 Å². The van der Waals surface area contributed by atoms with Crippen molar-refractivity contribution in [3.63, 3.8) is 0 Å². The van der Waals surface area contributed by atoms with Gasteiger partial charge in [0.1, 0.15) is 5.69 Å². The highest BCUT2D eigenvalue weighted by Gasteiger charge is 2.35.